The number of hydrogen-bond donors (Lipinski definition) is 3. The Labute approximate surface area is 111 Å². The fourth-order valence-corrected chi connectivity index (χ4v) is 1.36. The first kappa shape index (κ1) is 17.1. The minimum Gasteiger partial charge on any atom is -0.483 e. The summed E-state index contributed by atoms with van der Waals surface area (Å²) in [5.41, 5.74) is 0.483. The van der Waals surface area contributed by atoms with Gasteiger partial charge in [-0.25, -0.2) is 4.98 Å². The zero-order chi connectivity index (χ0) is 14.8. The Morgan fingerprint density at radius 2 is 2.21 bits per heavy atom. The number of aryl methyl sites for hydroxylation is 1. The van der Waals surface area contributed by atoms with Crippen LogP contribution in [0, 0.1) is 0 Å². The molecule has 8 heteroatoms. The van der Waals surface area contributed by atoms with Gasteiger partial charge in [0.1, 0.15) is 5.69 Å². The topological polar surface area (TPSA) is 108 Å². The first-order valence-electron chi connectivity index (χ1n) is 5.57. The molecule has 0 fully saturated rings. The molecule has 1 atom stereocenters. The molecule has 8 nitrogen and oxygen atoms in total. The molecule has 0 aliphatic rings. The molecule has 0 spiro atoms. The van der Waals surface area contributed by atoms with Gasteiger partial charge in [-0.2, -0.15) is 0 Å². The van der Waals surface area contributed by atoms with Crippen molar-refractivity contribution in [1.29, 1.82) is 0 Å². The number of aliphatic hydroxyl groups excluding tert-OH is 1. The molecular formula is C11H20N4O4. The van der Waals surface area contributed by atoms with Gasteiger partial charge in [0.05, 0.1) is 18.6 Å². The van der Waals surface area contributed by atoms with Crippen molar-refractivity contribution in [2.24, 2.45) is 7.05 Å². The Hall–Kier alpha value is -1.93. The summed E-state index contributed by atoms with van der Waals surface area (Å²) in [5.74, 6) is -0.224. The van der Waals surface area contributed by atoms with E-state index in [2.05, 4.69) is 10.3 Å². The number of aromatic nitrogens is 2. The van der Waals surface area contributed by atoms with Crippen molar-refractivity contribution in [2.75, 3.05) is 27.2 Å². The van der Waals surface area contributed by atoms with Crippen LogP contribution in [0.1, 0.15) is 10.5 Å². The number of hydrogen-bond acceptors (Lipinski definition) is 5. The quantitative estimate of drug-likeness (QED) is 0.579. The van der Waals surface area contributed by atoms with E-state index in [4.69, 9.17) is 9.90 Å². The molecule has 0 saturated carbocycles. The lowest BCUT2D eigenvalue weighted by Crippen LogP contribution is -2.38. The highest BCUT2D eigenvalue weighted by molar-refractivity contribution is 5.92. The highest BCUT2D eigenvalue weighted by atomic mass is 16.3. The summed E-state index contributed by atoms with van der Waals surface area (Å²) in [4.78, 5) is 25.7. The highest BCUT2D eigenvalue weighted by Gasteiger charge is 2.11. The smallest absolute Gasteiger partial charge is 0.290 e. The first-order valence-corrected chi connectivity index (χ1v) is 5.57. The molecule has 1 amide bonds. The Morgan fingerprint density at radius 1 is 1.63 bits per heavy atom. The molecule has 0 aromatic carbocycles. The number of nitrogens with one attached hydrogen (secondary N) is 1. The number of aliphatic hydroxyl groups is 1. The summed E-state index contributed by atoms with van der Waals surface area (Å²) in [6.07, 6.45) is 2.49. The second-order valence-corrected chi connectivity index (χ2v) is 4.12. The summed E-state index contributed by atoms with van der Waals surface area (Å²) in [5, 5.41) is 19.1. The van der Waals surface area contributed by atoms with E-state index >= 15 is 0 Å². The maximum atomic E-state index is 11.6. The molecule has 3 N–H and O–H groups in total. The van der Waals surface area contributed by atoms with Crippen LogP contribution in [0.4, 0.5) is 0 Å². The fraction of sp³-hybridized carbons (Fsp3) is 0.545. The lowest BCUT2D eigenvalue weighted by atomic mass is 10.3. The SMILES string of the molecule is CN(C)CC(O)CNC(=O)c1cncn1C.O=CO. The van der Waals surface area contributed by atoms with E-state index in [0.29, 0.717) is 12.2 Å². The summed E-state index contributed by atoms with van der Waals surface area (Å²) in [7, 11) is 5.48. The molecule has 0 bridgehead atoms. The number of nitrogens with zero attached hydrogens (tertiary/aromatic N) is 3. The van der Waals surface area contributed by atoms with Crippen molar-refractivity contribution in [3.8, 4) is 0 Å². The third-order valence-corrected chi connectivity index (χ3v) is 2.12. The molecule has 108 valence electrons. The Kier molecular flexibility index (Phi) is 8.14. The van der Waals surface area contributed by atoms with Crippen LogP contribution in [-0.4, -0.2) is 70.3 Å². The van der Waals surface area contributed by atoms with Crippen LogP contribution < -0.4 is 5.32 Å². The zero-order valence-electron chi connectivity index (χ0n) is 11.3. The van der Waals surface area contributed by atoms with Gasteiger partial charge in [0.2, 0.25) is 0 Å². The van der Waals surface area contributed by atoms with Crippen molar-refractivity contribution < 1.29 is 19.8 Å². The normalized spacial score (nSPS) is 11.4. The molecule has 0 aliphatic carbocycles. The molecular weight excluding hydrogens is 252 g/mol. The highest BCUT2D eigenvalue weighted by Crippen LogP contribution is 1.95. The van der Waals surface area contributed by atoms with Crippen LogP contribution in [0.15, 0.2) is 12.5 Å². The van der Waals surface area contributed by atoms with Crippen LogP contribution in [0.3, 0.4) is 0 Å². The van der Waals surface area contributed by atoms with Crippen LogP contribution >= 0.6 is 0 Å². The zero-order valence-corrected chi connectivity index (χ0v) is 11.3. The van der Waals surface area contributed by atoms with Crippen molar-refractivity contribution in [2.45, 2.75) is 6.10 Å². The van der Waals surface area contributed by atoms with E-state index in [1.165, 1.54) is 6.20 Å². The number of rotatable bonds is 5. The number of carbonyl (C=O) groups is 2. The van der Waals surface area contributed by atoms with Gasteiger partial charge in [-0.1, -0.05) is 0 Å². The van der Waals surface area contributed by atoms with E-state index in [-0.39, 0.29) is 18.9 Å². The maximum absolute atomic E-state index is 11.6. The van der Waals surface area contributed by atoms with Gasteiger partial charge in [-0.3, -0.25) is 9.59 Å². The fourth-order valence-electron chi connectivity index (χ4n) is 1.36. The van der Waals surface area contributed by atoms with Gasteiger partial charge in [-0.05, 0) is 14.1 Å². The lowest BCUT2D eigenvalue weighted by molar-refractivity contribution is -0.122. The van der Waals surface area contributed by atoms with E-state index < -0.39 is 6.10 Å². The van der Waals surface area contributed by atoms with Gasteiger partial charge >= 0.3 is 0 Å². The largest absolute Gasteiger partial charge is 0.483 e. The second-order valence-electron chi connectivity index (χ2n) is 4.12. The van der Waals surface area contributed by atoms with Crippen molar-refractivity contribution in [1.82, 2.24) is 19.8 Å². The minimum absolute atomic E-state index is 0.224. The predicted octanol–water partition coefficient (Wildman–Crippen LogP) is -1.23. The molecule has 1 unspecified atom stereocenters. The van der Waals surface area contributed by atoms with E-state index in [9.17, 15) is 9.90 Å². The summed E-state index contributed by atoms with van der Waals surface area (Å²) in [6.45, 7) is 0.508. The summed E-state index contributed by atoms with van der Waals surface area (Å²) >= 11 is 0. The van der Waals surface area contributed by atoms with Crippen LogP contribution in [0.2, 0.25) is 0 Å². The monoisotopic (exact) mass is 272 g/mol. The number of amides is 1. The average Bonchev–Trinajstić information content (AvgIpc) is 2.72. The van der Waals surface area contributed by atoms with Crippen LogP contribution in [0.25, 0.3) is 0 Å². The molecule has 1 rings (SSSR count). The van der Waals surface area contributed by atoms with Gasteiger partial charge < -0.3 is 25.0 Å². The average molecular weight is 272 g/mol. The summed E-state index contributed by atoms with van der Waals surface area (Å²) < 4.78 is 1.63. The van der Waals surface area contributed by atoms with Crippen molar-refractivity contribution in [3.05, 3.63) is 18.2 Å². The first-order chi connectivity index (χ1) is 8.92. The number of carbonyl (C=O) groups excluding carboxylic acids is 1. The van der Waals surface area contributed by atoms with E-state index in [0.717, 1.165) is 0 Å². The van der Waals surface area contributed by atoms with Crippen LogP contribution in [0.5, 0.6) is 0 Å². The Morgan fingerprint density at radius 3 is 2.63 bits per heavy atom. The standard InChI is InChI=1S/C10H18N4O2.CH2O2/c1-13(2)6-8(15)4-12-10(16)9-5-11-7-14(9)3;2-1-3/h5,7-8,15H,4,6H2,1-3H3,(H,12,16);1H,(H,2,3). The van der Waals surface area contributed by atoms with Gasteiger partial charge in [0.15, 0.2) is 0 Å². The van der Waals surface area contributed by atoms with Gasteiger partial charge in [0.25, 0.3) is 12.4 Å². The van der Waals surface area contributed by atoms with Gasteiger partial charge in [-0.15, -0.1) is 0 Å². The van der Waals surface area contributed by atoms with Crippen LogP contribution in [-0.2, 0) is 11.8 Å². The second kappa shape index (κ2) is 9.06. The summed E-state index contributed by atoms with van der Waals surface area (Å²) in [6, 6.07) is 0. The Balaban J connectivity index is 0.000000982. The Bertz CT molecular complexity index is 392. The van der Waals surface area contributed by atoms with Crippen molar-refractivity contribution >= 4 is 12.4 Å². The molecule has 0 saturated heterocycles. The number of carboxylic acid groups (broad SMARTS) is 1. The predicted molar refractivity (Wildman–Crippen MR) is 68.8 cm³/mol. The van der Waals surface area contributed by atoms with E-state index in [1.54, 1.807) is 17.9 Å². The number of imidazole rings is 1. The third-order valence-electron chi connectivity index (χ3n) is 2.12. The molecule has 1 aromatic heterocycles. The minimum atomic E-state index is -0.563. The van der Waals surface area contributed by atoms with Gasteiger partial charge in [0, 0.05) is 20.1 Å². The molecule has 0 radical (unpaired) electrons. The molecule has 1 aromatic rings. The van der Waals surface area contributed by atoms with Crippen molar-refractivity contribution in [3.63, 3.8) is 0 Å². The molecule has 0 aliphatic heterocycles. The molecule has 1 heterocycles. The van der Waals surface area contributed by atoms with E-state index in [1.807, 2.05) is 19.0 Å². The number of likely N-dealkylation sites (N-methyl/N-ethyl adjacent to an activating group) is 1. The third kappa shape index (κ3) is 7.17. The maximum Gasteiger partial charge on any atom is 0.290 e. The molecule has 19 heavy (non-hydrogen) atoms. The lowest BCUT2D eigenvalue weighted by Gasteiger charge is -2.16.